The molecule has 110 valence electrons. The van der Waals surface area contributed by atoms with Gasteiger partial charge in [-0.3, -0.25) is 4.79 Å². The van der Waals surface area contributed by atoms with Crippen LogP contribution in [0.2, 0.25) is 10.0 Å². The largest absolute Gasteiger partial charge is 0.309 e. The Morgan fingerprint density at radius 1 is 1.10 bits per heavy atom. The fourth-order valence-corrected chi connectivity index (χ4v) is 2.36. The van der Waals surface area contributed by atoms with E-state index in [1.807, 2.05) is 0 Å². The van der Waals surface area contributed by atoms with Crippen LogP contribution in [0.4, 0.5) is 14.5 Å². The second kappa shape index (κ2) is 6.41. The number of nitrogens with zero attached hydrogens (tertiary/aromatic N) is 1. The second-order valence-corrected chi connectivity index (χ2v) is 5.09. The van der Waals surface area contributed by atoms with Gasteiger partial charge in [0.1, 0.15) is 11.6 Å². The summed E-state index contributed by atoms with van der Waals surface area (Å²) in [5.74, 6) is -1.61. The van der Waals surface area contributed by atoms with Crippen molar-refractivity contribution in [2.24, 2.45) is 0 Å². The molecule has 0 atom stereocenters. The summed E-state index contributed by atoms with van der Waals surface area (Å²) in [5.41, 5.74) is 0.500. The number of amides is 1. The summed E-state index contributed by atoms with van der Waals surface area (Å²) < 4.78 is 26.5. The predicted octanol–water partition coefficient (Wildman–Crippen LogP) is 4.94. The van der Waals surface area contributed by atoms with Crippen molar-refractivity contribution in [1.29, 1.82) is 0 Å². The van der Waals surface area contributed by atoms with Gasteiger partial charge in [-0.05, 0) is 43.3 Å². The van der Waals surface area contributed by atoms with Crippen molar-refractivity contribution in [3.05, 3.63) is 63.6 Å². The Bertz CT molecular complexity index is 674. The number of hydrogen-bond acceptors (Lipinski definition) is 1. The van der Waals surface area contributed by atoms with E-state index < -0.39 is 17.5 Å². The molecule has 0 unspecified atom stereocenters. The summed E-state index contributed by atoms with van der Waals surface area (Å²) in [6, 6.07) is 7.61. The highest BCUT2D eigenvalue weighted by molar-refractivity contribution is 6.37. The first-order valence-corrected chi connectivity index (χ1v) is 6.91. The van der Waals surface area contributed by atoms with Crippen LogP contribution in [0.5, 0.6) is 0 Å². The summed E-state index contributed by atoms with van der Waals surface area (Å²) in [4.78, 5) is 13.9. The van der Waals surface area contributed by atoms with Crippen molar-refractivity contribution in [2.45, 2.75) is 6.92 Å². The highest BCUT2D eigenvalue weighted by Gasteiger charge is 2.20. The van der Waals surface area contributed by atoms with E-state index in [0.29, 0.717) is 12.2 Å². The van der Waals surface area contributed by atoms with Crippen molar-refractivity contribution < 1.29 is 13.6 Å². The quantitative estimate of drug-likeness (QED) is 0.730. The van der Waals surface area contributed by atoms with Crippen LogP contribution >= 0.6 is 23.2 Å². The lowest BCUT2D eigenvalue weighted by atomic mass is 10.1. The van der Waals surface area contributed by atoms with Gasteiger partial charge in [0.25, 0.3) is 5.91 Å². The molecule has 0 saturated carbocycles. The number of rotatable bonds is 3. The molecule has 0 saturated heterocycles. The summed E-state index contributed by atoms with van der Waals surface area (Å²) in [6.07, 6.45) is 0. The summed E-state index contributed by atoms with van der Waals surface area (Å²) in [5, 5.41) is -0.0895. The van der Waals surface area contributed by atoms with Gasteiger partial charge in [0, 0.05) is 12.2 Å². The number of hydrogen-bond donors (Lipinski definition) is 0. The van der Waals surface area contributed by atoms with E-state index in [-0.39, 0.29) is 15.6 Å². The van der Waals surface area contributed by atoms with Crippen LogP contribution in [0.25, 0.3) is 0 Å². The number of carbonyl (C=O) groups is 1. The molecule has 2 rings (SSSR count). The van der Waals surface area contributed by atoms with Gasteiger partial charge in [-0.1, -0.05) is 23.2 Å². The highest BCUT2D eigenvalue weighted by atomic mass is 35.5. The average Bonchev–Trinajstić information content (AvgIpc) is 2.45. The zero-order valence-electron chi connectivity index (χ0n) is 11.0. The number of benzene rings is 2. The second-order valence-electron chi connectivity index (χ2n) is 4.27. The molecule has 0 aliphatic carbocycles. The molecule has 6 heteroatoms. The van der Waals surface area contributed by atoms with Gasteiger partial charge in [0.15, 0.2) is 0 Å². The summed E-state index contributed by atoms with van der Waals surface area (Å²) in [7, 11) is 0. The number of halogens is 4. The molecule has 0 heterocycles. The fourth-order valence-electron chi connectivity index (χ4n) is 1.90. The molecule has 21 heavy (non-hydrogen) atoms. The third kappa shape index (κ3) is 3.34. The molecule has 0 spiro atoms. The Morgan fingerprint density at radius 3 is 2.29 bits per heavy atom. The summed E-state index contributed by atoms with van der Waals surface area (Å²) in [6.45, 7) is 2.08. The maximum Gasteiger partial charge on any atom is 0.259 e. The minimum absolute atomic E-state index is 0.00439. The Morgan fingerprint density at radius 2 is 1.71 bits per heavy atom. The van der Waals surface area contributed by atoms with E-state index in [1.54, 1.807) is 6.92 Å². The Labute approximate surface area is 130 Å². The van der Waals surface area contributed by atoms with Crippen LogP contribution in [-0.2, 0) is 0 Å². The van der Waals surface area contributed by atoms with Crippen molar-refractivity contribution in [1.82, 2.24) is 0 Å². The normalized spacial score (nSPS) is 10.5. The first-order chi connectivity index (χ1) is 9.93. The molecule has 2 aromatic carbocycles. The third-order valence-electron chi connectivity index (χ3n) is 2.94. The Hall–Kier alpha value is -1.65. The van der Waals surface area contributed by atoms with Crippen LogP contribution in [0.1, 0.15) is 17.3 Å². The first-order valence-electron chi connectivity index (χ1n) is 6.16. The van der Waals surface area contributed by atoms with Crippen molar-refractivity contribution in [3.8, 4) is 0 Å². The number of anilines is 1. The SMILES string of the molecule is CCN(C(=O)c1cc(F)c(Cl)cc1Cl)c1ccc(F)cc1. The standard InChI is InChI=1S/C15H11Cl2F2NO/c1-2-20(10-5-3-9(18)4-6-10)15(21)11-7-14(19)13(17)8-12(11)16/h3-8H,2H2,1H3. The van der Waals surface area contributed by atoms with E-state index in [1.165, 1.54) is 35.2 Å². The molecule has 2 aromatic rings. The molecule has 1 amide bonds. The zero-order valence-corrected chi connectivity index (χ0v) is 12.6. The molecule has 0 aliphatic heterocycles. The zero-order chi connectivity index (χ0) is 15.6. The van der Waals surface area contributed by atoms with Crippen LogP contribution in [-0.4, -0.2) is 12.5 Å². The predicted molar refractivity (Wildman–Crippen MR) is 80.2 cm³/mol. The third-order valence-corrected chi connectivity index (χ3v) is 3.54. The Kier molecular flexibility index (Phi) is 4.80. The number of carbonyl (C=O) groups excluding carboxylic acids is 1. The van der Waals surface area contributed by atoms with Gasteiger partial charge in [-0.15, -0.1) is 0 Å². The monoisotopic (exact) mass is 329 g/mol. The molecule has 0 aliphatic rings. The van der Waals surface area contributed by atoms with Crippen molar-refractivity contribution >= 4 is 34.8 Å². The minimum Gasteiger partial charge on any atom is -0.309 e. The fraction of sp³-hybridized carbons (Fsp3) is 0.133. The minimum atomic E-state index is -0.723. The van der Waals surface area contributed by atoms with Gasteiger partial charge in [-0.25, -0.2) is 8.78 Å². The van der Waals surface area contributed by atoms with Gasteiger partial charge < -0.3 is 4.90 Å². The molecule has 0 aromatic heterocycles. The van der Waals surface area contributed by atoms with Gasteiger partial charge in [-0.2, -0.15) is 0 Å². The van der Waals surface area contributed by atoms with Gasteiger partial charge in [0.05, 0.1) is 15.6 Å². The van der Waals surface area contributed by atoms with E-state index in [4.69, 9.17) is 23.2 Å². The molecular formula is C15H11Cl2F2NO. The van der Waals surface area contributed by atoms with Gasteiger partial charge >= 0.3 is 0 Å². The lowest BCUT2D eigenvalue weighted by Crippen LogP contribution is -2.31. The molecule has 2 nitrogen and oxygen atoms in total. The van der Waals surface area contributed by atoms with E-state index in [0.717, 1.165) is 6.07 Å². The topological polar surface area (TPSA) is 20.3 Å². The first kappa shape index (κ1) is 15.7. The molecule has 0 radical (unpaired) electrons. The van der Waals surface area contributed by atoms with Gasteiger partial charge in [0.2, 0.25) is 0 Å². The highest BCUT2D eigenvalue weighted by Crippen LogP contribution is 2.27. The Balaban J connectivity index is 2.41. The molecule has 0 fully saturated rings. The molecule has 0 bridgehead atoms. The maximum absolute atomic E-state index is 13.5. The maximum atomic E-state index is 13.5. The summed E-state index contributed by atoms with van der Waals surface area (Å²) >= 11 is 11.6. The van der Waals surface area contributed by atoms with E-state index in [9.17, 15) is 13.6 Å². The lowest BCUT2D eigenvalue weighted by Gasteiger charge is -2.21. The van der Waals surface area contributed by atoms with Crippen LogP contribution in [0.3, 0.4) is 0 Å². The van der Waals surface area contributed by atoms with Crippen molar-refractivity contribution in [3.63, 3.8) is 0 Å². The van der Waals surface area contributed by atoms with Crippen LogP contribution in [0.15, 0.2) is 36.4 Å². The average molecular weight is 330 g/mol. The molecule has 0 N–H and O–H groups in total. The lowest BCUT2D eigenvalue weighted by molar-refractivity contribution is 0.0988. The smallest absolute Gasteiger partial charge is 0.259 e. The van der Waals surface area contributed by atoms with Crippen LogP contribution in [0, 0.1) is 11.6 Å². The molecular weight excluding hydrogens is 319 g/mol. The van der Waals surface area contributed by atoms with E-state index >= 15 is 0 Å². The van der Waals surface area contributed by atoms with E-state index in [2.05, 4.69) is 0 Å². The van der Waals surface area contributed by atoms with Crippen molar-refractivity contribution in [2.75, 3.05) is 11.4 Å². The van der Waals surface area contributed by atoms with Crippen LogP contribution < -0.4 is 4.90 Å².